The number of thioether (sulfide) groups is 1. The molecule has 0 radical (unpaired) electrons. The molecule has 2 amide bonds. The third-order valence-corrected chi connectivity index (χ3v) is 3.41. The van der Waals surface area contributed by atoms with Crippen molar-refractivity contribution in [2.24, 2.45) is 0 Å². The van der Waals surface area contributed by atoms with Crippen molar-refractivity contribution in [1.29, 1.82) is 0 Å². The minimum atomic E-state index is -0.386. The maximum Gasteiger partial charge on any atom is 0.246 e. The zero-order valence-corrected chi connectivity index (χ0v) is 10.3. The van der Waals surface area contributed by atoms with Crippen molar-refractivity contribution in [1.82, 2.24) is 5.32 Å². The summed E-state index contributed by atoms with van der Waals surface area (Å²) in [6.07, 6.45) is 3.01. The molecular formula is C12H14N2O2S. The molecule has 1 heterocycles. The van der Waals surface area contributed by atoms with Crippen molar-refractivity contribution in [3.05, 3.63) is 24.3 Å². The molecule has 17 heavy (non-hydrogen) atoms. The molecule has 1 saturated heterocycles. The Kier molecular flexibility index (Phi) is 3.68. The van der Waals surface area contributed by atoms with E-state index in [9.17, 15) is 9.59 Å². The lowest BCUT2D eigenvalue weighted by molar-refractivity contribution is -0.122. The Balaban J connectivity index is 1.95. The van der Waals surface area contributed by atoms with Gasteiger partial charge in [-0.2, -0.15) is 0 Å². The fourth-order valence-corrected chi connectivity index (χ4v) is 2.12. The van der Waals surface area contributed by atoms with Crippen LogP contribution in [0.1, 0.15) is 12.8 Å². The lowest BCUT2D eigenvalue weighted by Gasteiger charge is -2.11. The van der Waals surface area contributed by atoms with Crippen LogP contribution in [-0.2, 0) is 9.59 Å². The summed E-state index contributed by atoms with van der Waals surface area (Å²) in [6, 6.07) is 7.24. The normalized spacial score (nSPS) is 18.9. The van der Waals surface area contributed by atoms with Gasteiger partial charge in [-0.15, -0.1) is 11.8 Å². The summed E-state index contributed by atoms with van der Waals surface area (Å²) in [4.78, 5) is 23.9. The van der Waals surface area contributed by atoms with Crippen LogP contribution in [0.5, 0.6) is 0 Å². The number of amides is 2. The Morgan fingerprint density at radius 3 is 2.65 bits per heavy atom. The number of hydrogen-bond donors (Lipinski definition) is 2. The Labute approximate surface area is 104 Å². The Morgan fingerprint density at radius 2 is 2.12 bits per heavy atom. The van der Waals surface area contributed by atoms with Crippen molar-refractivity contribution < 1.29 is 9.59 Å². The maximum absolute atomic E-state index is 11.8. The van der Waals surface area contributed by atoms with Crippen LogP contribution in [0, 0.1) is 0 Å². The van der Waals surface area contributed by atoms with Crippen molar-refractivity contribution in [3.63, 3.8) is 0 Å². The van der Waals surface area contributed by atoms with Gasteiger partial charge >= 0.3 is 0 Å². The van der Waals surface area contributed by atoms with Crippen LogP contribution in [0.2, 0.25) is 0 Å². The number of hydrogen-bond acceptors (Lipinski definition) is 3. The Morgan fingerprint density at radius 1 is 1.41 bits per heavy atom. The zero-order chi connectivity index (χ0) is 12.3. The molecule has 1 aliphatic heterocycles. The highest BCUT2D eigenvalue weighted by atomic mass is 32.2. The summed E-state index contributed by atoms with van der Waals surface area (Å²) < 4.78 is 0. The fourth-order valence-electron chi connectivity index (χ4n) is 1.71. The lowest BCUT2D eigenvalue weighted by atomic mass is 10.2. The van der Waals surface area contributed by atoms with E-state index in [0.29, 0.717) is 12.8 Å². The average Bonchev–Trinajstić information content (AvgIpc) is 2.77. The van der Waals surface area contributed by atoms with E-state index in [1.54, 1.807) is 11.8 Å². The van der Waals surface area contributed by atoms with Gasteiger partial charge in [-0.05, 0) is 36.9 Å². The summed E-state index contributed by atoms with van der Waals surface area (Å²) in [5.74, 6) is -0.198. The fraction of sp³-hybridized carbons (Fsp3) is 0.333. The van der Waals surface area contributed by atoms with Crippen LogP contribution in [0.15, 0.2) is 29.2 Å². The van der Waals surface area contributed by atoms with E-state index in [1.165, 1.54) is 0 Å². The third kappa shape index (κ3) is 3.00. The molecule has 2 N–H and O–H groups in total. The summed E-state index contributed by atoms with van der Waals surface area (Å²) in [5, 5.41) is 5.43. The number of nitrogens with one attached hydrogen (secondary N) is 2. The van der Waals surface area contributed by atoms with Gasteiger partial charge in [0, 0.05) is 17.0 Å². The first-order valence-corrected chi connectivity index (χ1v) is 6.66. The van der Waals surface area contributed by atoms with E-state index in [4.69, 9.17) is 0 Å². The number of rotatable bonds is 3. The minimum absolute atomic E-state index is 0.0529. The summed E-state index contributed by atoms with van der Waals surface area (Å²) >= 11 is 1.65. The van der Waals surface area contributed by atoms with Gasteiger partial charge in [0.2, 0.25) is 11.8 Å². The molecule has 1 aromatic carbocycles. The van der Waals surface area contributed by atoms with Crippen molar-refractivity contribution >= 4 is 29.3 Å². The molecule has 0 saturated carbocycles. The summed E-state index contributed by atoms with van der Waals surface area (Å²) in [7, 11) is 0. The number of carbonyl (C=O) groups is 2. The van der Waals surface area contributed by atoms with Crippen LogP contribution in [-0.4, -0.2) is 24.1 Å². The molecule has 0 spiro atoms. The van der Waals surface area contributed by atoms with E-state index in [0.717, 1.165) is 10.6 Å². The first kappa shape index (κ1) is 12.0. The molecule has 1 fully saturated rings. The molecule has 0 aliphatic carbocycles. The molecule has 1 aliphatic rings. The molecule has 5 heteroatoms. The third-order valence-electron chi connectivity index (χ3n) is 2.67. The van der Waals surface area contributed by atoms with Crippen molar-refractivity contribution in [2.75, 3.05) is 11.6 Å². The van der Waals surface area contributed by atoms with Gasteiger partial charge in [-0.1, -0.05) is 0 Å². The predicted octanol–water partition coefficient (Wildman–Crippen LogP) is 1.63. The molecule has 2 rings (SSSR count). The van der Waals surface area contributed by atoms with Crippen LogP contribution >= 0.6 is 11.8 Å². The van der Waals surface area contributed by atoms with Gasteiger partial charge in [0.1, 0.15) is 6.04 Å². The van der Waals surface area contributed by atoms with E-state index in [-0.39, 0.29) is 17.9 Å². The number of benzene rings is 1. The molecule has 1 aromatic rings. The number of carbonyl (C=O) groups excluding carboxylic acids is 2. The van der Waals surface area contributed by atoms with E-state index in [2.05, 4.69) is 10.6 Å². The molecule has 1 atom stereocenters. The van der Waals surface area contributed by atoms with Crippen LogP contribution < -0.4 is 10.6 Å². The first-order valence-electron chi connectivity index (χ1n) is 5.43. The molecule has 1 unspecified atom stereocenters. The van der Waals surface area contributed by atoms with Gasteiger partial charge in [-0.25, -0.2) is 0 Å². The standard InChI is InChI=1S/C12H14N2O2S/c1-17-9-4-2-8(3-5-9)13-12(16)10-6-7-11(15)14-10/h2-5,10H,6-7H2,1H3,(H,13,16)(H,14,15). The second-order valence-corrected chi connectivity index (χ2v) is 4.76. The van der Waals surface area contributed by atoms with Gasteiger partial charge in [0.05, 0.1) is 0 Å². The molecular weight excluding hydrogens is 236 g/mol. The van der Waals surface area contributed by atoms with Gasteiger partial charge in [0.25, 0.3) is 0 Å². The Hall–Kier alpha value is -1.49. The van der Waals surface area contributed by atoms with Gasteiger partial charge < -0.3 is 10.6 Å². The zero-order valence-electron chi connectivity index (χ0n) is 9.53. The largest absolute Gasteiger partial charge is 0.344 e. The highest BCUT2D eigenvalue weighted by Crippen LogP contribution is 2.18. The number of anilines is 1. The lowest BCUT2D eigenvalue weighted by Crippen LogP contribution is -2.37. The van der Waals surface area contributed by atoms with Crippen molar-refractivity contribution in [2.45, 2.75) is 23.8 Å². The summed E-state index contributed by atoms with van der Waals surface area (Å²) in [5.41, 5.74) is 0.758. The quantitative estimate of drug-likeness (QED) is 0.802. The Bertz CT molecular complexity index is 431. The average molecular weight is 250 g/mol. The first-order chi connectivity index (χ1) is 8.19. The highest BCUT2D eigenvalue weighted by Gasteiger charge is 2.26. The van der Waals surface area contributed by atoms with E-state index in [1.807, 2.05) is 30.5 Å². The minimum Gasteiger partial charge on any atom is -0.344 e. The second-order valence-electron chi connectivity index (χ2n) is 3.88. The highest BCUT2D eigenvalue weighted by molar-refractivity contribution is 7.98. The maximum atomic E-state index is 11.8. The topological polar surface area (TPSA) is 58.2 Å². The second kappa shape index (κ2) is 5.23. The van der Waals surface area contributed by atoms with Crippen molar-refractivity contribution in [3.8, 4) is 0 Å². The predicted molar refractivity (Wildman–Crippen MR) is 68.0 cm³/mol. The molecule has 4 nitrogen and oxygen atoms in total. The van der Waals surface area contributed by atoms with Gasteiger partial charge in [-0.3, -0.25) is 9.59 Å². The monoisotopic (exact) mass is 250 g/mol. The van der Waals surface area contributed by atoms with E-state index < -0.39 is 0 Å². The van der Waals surface area contributed by atoms with Gasteiger partial charge in [0.15, 0.2) is 0 Å². The SMILES string of the molecule is CSc1ccc(NC(=O)C2CCC(=O)N2)cc1. The molecule has 0 bridgehead atoms. The summed E-state index contributed by atoms with van der Waals surface area (Å²) in [6.45, 7) is 0. The molecule has 90 valence electrons. The molecule has 0 aromatic heterocycles. The van der Waals surface area contributed by atoms with Crippen LogP contribution in [0.4, 0.5) is 5.69 Å². The van der Waals surface area contributed by atoms with E-state index >= 15 is 0 Å². The van der Waals surface area contributed by atoms with Crippen LogP contribution in [0.3, 0.4) is 0 Å². The smallest absolute Gasteiger partial charge is 0.246 e. The van der Waals surface area contributed by atoms with Crippen LogP contribution in [0.25, 0.3) is 0 Å².